The van der Waals surface area contributed by atoms with Crippen LogP contribution >= 0.6 is 0 Å². The number of ether oxygens (including phenoxy) is 1. The summed E-state index contributed by atoms with van der Waals surface area (Å²) in [6.45, 7) is 2.53. The number of amides is 3. The number of carbonyl (C=O) groups excluding carboxylic acids is 2. The Morgan fingerprint density at radius 3 is 2.68 bits per heavy atom. The smallest absolute Gasteiger partial charge is 0.321 e. The van der Waals surface area contributed by atoms with Crippen LogP contribution < -0.4 is 10.6 Å². The van der Waals surface area contributed by atoms with Crippen molar-refractivity contribution in [1.82, 2.24) is 10.2 Å². The van der Waals surface area contributed by atoms with E-state index in [9.17, 15) is 14.0 Å². The number of anilines is 1. The van der Waals surface area contributed by atoms with Gasteiger partial charge in [0.1, 0.15) is 5.82 Å². The Hall–Kier alpha value is -2.15. The van der Waals surface area contributed by atoms with Gasteiger partial charge in [0, 0.05) is 31.8 Å². The Morgan fingerprint density at radius 1 is 1.20 bits per heavy atom. The summed E-state index contributed by atoms with van der Waals surface area (Å²) in [6.07, 6.45) is 5.03. The maximum atomic E-state index is 14.2. The number of nitrogens with one attached hydrogen (secondary N) is 2. The average molecular weight is 349 g/mol. The first-order valence-electron chi connectivity index (χ1n) is 8.89. The quantitative estimate of drug-likeness (QED) is 0.878. The van der Waals surface area contributed by atoms with Crippen LogP contribution in [0.5, 0.6) is 0 Å². The van der Waals surface area contributed by atoms with E-state index < -0.39 is 5.82 Å². The number of nitrogens with zero attached hydrogens (tertiary/aromatic N) is 1. The number of rotatable bonds is 4. The van der Waals surface area contributed by atoms with Crippen LogP contribution in [0.2, 0.25) is 0 Å². The van der Waals surface area contributed by atoms with Gasteiger partial charge in [-0.1, -0.05) is 0 Å². The van der Waals surface area contributed by atoms with Gasteiger partial charge < -0.3 is 20.3 Å². The maximum Gasteiger partial charge on any atom is 0.321 e. The summed E-state index contributed by atoms with van der Waals surface area (Å²) in [5.74, 6) is -0.960. The van der Waals surface area contributed by atoms with Crippen molar-refractivity contribution in [1.29, 1.82) is 0 Å². The minimum atomic E-state index is -0.616. The Balaban J connectivity index is 1.56. The third kappa shape index (κ3) is 4.69. The van der Waals surface area contributed by atoms with Gasteiger partial charge in [0.05, 0.1) is 11.8 Å². The SMILES string of the molecule is O=C(NC[C@@H]1CCCO1)c1ccc(NC(=O)N2CCCCC2)c(F)c1. The molecule has 0 radical (unpaired) electrons. The lowest BCUT2D eigenvalue weighted by Crippen LogP contribution is -2.38. The van der Waals surface area contributed by atoms with Crippen molar-refractivity contribution < 1.29 is 18.7 Å². The summed E-state index contributed by atoms with van der Waals surface area (Å²) in [7, 11) is 0. The zero-order chi connectivity index (χ0) is 17.6. The lowest BCUT2D eigenvalue weighted by atomic mass is 10.1. The van der Waals surface area contributed by atoms with E-state index in [0.29, 0.717) is 19.6 Å². The van der Waals surface area contributed by atoms with Gasteiger partial charge in [-0.15, -0.1) is 0 Å². The second-order valence-corrected chi connectivity index (χ2v) is 6.52. The van der Waals surface area contributed by atoms with Crippen LogP contribution in [0, 0.1) is 5.82 Å². The Bertz CT molecular complexity index is 626. The Labute approximate surface area is 146 Å². The van der Waals surface area contributed by atoms with Gasteiger partial charge in [0.15, 0.2) is 0 Å². The van der Waals surface area contributed by atoms with Crippen molar-refractivity contribution in [3.63, 3.8) is 0 Å². The van der Waals surface area contributed by atoms with Gasteiger partial charge in [-0.25, -0.2) is 9.18 Å². The first-order valence-corrected chi connectivity index (χ1v) is 8.89. The number of hydrogen-bond acceptors (Lipinski definition) is 3. The van der Waals surface area contributed by atoms with Crippen LogP contribution in [0.3, 0.4) is 0 Å². The zero-order valence-electron chi connectivity index (χ0n) is 14.2. The summed E-state index contributed by atoms with van der Waals surface area (Å²) in [5.41, 5.74) is 0.317. The minimum Gasteiger partial charge on any atom is -0.376 e. The number of hydrogen-bond donors (Lipinski definition) is 2. The van der Waals surface area contributed by atoms with Gasteiger partial charge in [-0.2, -0.15) is 0 Å². The van der Waals surface area contributed by atoms with Crippen molar-refractivity contribution in [3.05, 3.63) is 29.6 Å². The second kappa shape index (κ2) is 8.29. The highest BCUT2D eigenvalue weighted by Gasteiger charge is 2.19. The van der Waals surface area contributed by atoms with Crippen LogP contribution in [-0.4, -0.2) is 49.2 Å². The number of halogens is 1. The predicted octanol–water partition coefficient (Wildman–Crippen LogP) is 2.75. The predicted molar refractivity (Wildman–Crippen MR) is 92.1 cm³/mol. The number of benzene rings is 1. The van der Waals surface area contributed by atoms with E-state index in [1.807, 2.05) is 0 Å². The monoisotopic (exact) mass is 349 g/mol. The number of likely N-dealkylation sites (tertiary alicyclic amines) is 1. The summed E-state index contributed by atoms with van der Waals surface area (Å²) in [5, 5.41) is 5.34. The first-order chi connectivity index (χ1) is 12.1. The second-order valence-electron chi connectivity index (χ2n) is 6.52. The molecule has 3 rings (SSSR count). The molecule has 1 aromatic carbocycles. The van der Waals surface area contributed by atoms with Gasteiger partial charge in [0.2, 0.25) is 0 Å². The average Bonchev–Trinajstić information content (AvgIpc) is 3.15. The number of carbonyl (C=O) groups is 2. The number of urea groups is 1. The first kappa shape index (κ1) is 17.7. The van der Waals surface area contributed by atoms with E-state index in [0.717, 1.165) is 44.8 Å². The van der Waals surface area contributed by atoms with Crippen LogP contribution in [0.4, 0.5) is 14.9 Å². The molecule has 0 bridgehead atoms. The molecular formula is C18H24FN3O3. The molecule has 2 saturated heterocycles. The highest BCUT2D eigenvalue weighted by molar-refractivity contribution is 5.95. The molecule has 0 spiro atoms. The summed E-state index contributed by atoms with van der Waals surface area (Å²) >= 11 is 0. The third-order valence-electron chi connectivity index (χ3n) is 4.63. The lowest BCUT2D eigenvalue weighted by molar-refractivity contribution is 0.0857. The van der Waals surface area contributed by atoms with Gasteiger partial charge in [-0.3, -0.25) is 4.79 Å². The molecule has 0 saturated carbocycles. The normalized spacial score (nSPS) is 20.4. The van der Waals surface area contributed by atoms with Gasteiger partial charge in [-0.05, 0) is 50.3 Å². The molecule has 1 atom stereocenters. The van der Waals surface area contributed by atoms with Crippen LogP contribution in [-0.2, 0) is 4.74 Å². The standard InChI is InChI=1S/C18H24FN3O3/c19-15-11-13(17(23)20-12-14-5-4-10-25-14)6-7-16(15)21-18(24)22-8-2-1-3-9-22/h6-7,11,14H,1-5,8-10,12H2,(H,20,23)(H,21,24)/t14-/m0/s1. The largest absolute Gasteiger partial charge is 0.376 e. The molecule has 1 aromatic rings. The number of piperidine rings is 1. The summed E-state index contributed by atoms with van der Waals surface area (Å²) in [4.78, 5) is 25.9. The van der Waals surface area contributed by atoms with Crippen LogP contribution in [0.1, 0.15) is 42.5 Å². The fraction of sp³-hybridized carbons (Fsp3) is 0.556. The molecule has 3 amide bonds. The molecule has 7 heteroatoms. The molecule has 2 heterocycles. The Kier molecular flexibility index (Phi) is 5.86. The van der Waals surface area contributed by atoms with E-state index >= 15 is 0 Å². The zero-order valence-corrected chi connectivity index (χ0v) is 14.2. The molecule has 25 heavy (non-hydrogen) atoms. The molecule has 2 aliphatic heterocycles. The minimum absolute atomic E-state index is 0.0388. The molecule has 6 nitrogen and oxygen atoms in total. The highest BCUT2D eigenvalue weighted by Crippen LogP contribution is 2.18. The van der Waals surface area contributed by atoms with E-state index in [1.165, 1.54) is 12.1 Å². The van der Waals surface area contributed by atoms with E-state index in [2.05, 4.69) is 10.6 Å². The maximum absolute atomic E-state index is 14.2. The van der Waals surface area contributed by atoms with E-state index in [4.69, 9.17) is 4.74 Å². The fourth-order valence-corrected chi connectivity index (χ4v) is 3.16. The molecule has 2 aliphatic rings. The molecular weight excluding hydrogens is 325 g/mol. The summed E-state index contributed by atoms with van der Waals surface area (Å²) < 4.78 is 19.7. The molecule has 136 valence electrons. The van der Waals surface area contributed by atoms with Crippen LogP contribution in [0.25, 0.3) is 0 Å². The highest BCUT2D eigenvalue weighted by atomic mass is 19.1. The molecule has 2 N–H and O–H groups in total. The van der Waals surface area contributed by atoms with E-state index in [-0.39, 0.29) is 29.3 Å². The molecule has 0 unspecified atom stereocenters. The van der Waals surface area contributed by atoms with Crippen molar-refractivity contribution in [3.8, 4) is 0 Å². The third-order valence-corrected chi connectivity index (χ3v) is 4.63. The molecule has 0 aromatic heterocycles. The van der Waals surface area contributed by atoms with Gasteiger partial charge >= 0.3 is 6.03 Å². The topological polar surface area (TPSA) is 70.7 Å². The van der Waals surface area contributed by atoms with Crippen LogP contribution in [0.15, 0.2) is 18.2 Å². The van der Waals surface area contributed by atoms with Gasteiger partial charge in [0.25, 0.3) is 5.91 Å². The van der Waals surface area contributed by atoms with E-state index in [1.54, 1.807) is 4.90 Å². The molecule has 2 fully saturated rings. The Morgan fingerprint density at radius 2 is 2.00 bits per heavy atom. The van der Waals surface area contributed by atoms with Crippen molar-refractivity contribution in [2.24, 2.45) is 0 Å². The van der Waals surface area contributed by atoms with Crippen molar-refractivity contribution >= 4 is 17.6 Å². The van der Waals surface area contributed by atoms with Crippen molar-refractivity contribution in [2.45, 2.75) is 38.2 Å². The summed E-state index contributed by atoms with van der Waals surface area (Å²) in [6, 6.07) is 3.79. The lowest BCUT2D eigenvalue weighted by Gasteiger charge is -2.26. The van der Waals surface area contributed by atoms with Crippen molar-refractivity contribution in [2.75, 3.05) is 31.6 Å². The fourth-order valence-electron chi connectivity index (χ4n) is 3.16. The molecule has 0 aliphatic carbocycles.